The van der Waals surface area contributed by atoms with E-state index in [0.29, 0.717) is 19.8 Å². The van der Waals surface area contributed by atoms with Gasteiger partial charge in [-0.1, -0.05) is 12.1 Å². The third kappa shape index (κ3) is 6.04. The van der Waals surface area contributed by atoms with Crippen LogP contribution in [0.3, 0.4) is 0 Å². The quantitative estimate of drug-likeness (QED) is 0.673. The highest BCUT2D eigenvalue weighted by Crippen LogP contribution is 2.17. The molecular formula is C15H24N2O3. The van der Waals surface area contributed by atoms with Gasteiger partial charge in [0.2, 0.25) is 5.91 Å². The molecule has 0 spiro atoms. The molecule has 1 unspecified atom stereocenters. The number of nitrogens with one attached hydrogen (secondary N) is 2. The number of hydrogen-bond acceptors (Lipinski definition) is 4. The average Bonchev–Trinajstić information content (AvgIpc) is 2.46. The number of amides is 1. The van der Waals surface area contributed by atoms with Crippen LogP contribution in [0.1, 0.15) is 25.5 Å². The Morgan fingerprint density at radius 1 is 1.30 bits per heavy atom. The van der Waals surface area contributed by atoms with Gasteiger partial charge in [0.15, 0.2) is 0 Å². The second kappa shape index (κ2) is 9.34. The molecule has 1 aromatic carbocycles. The van der Waals surface area contributed by atoms with Gasteiger partial charge in [-0.05, 0) is 31.5 Å². The number of benzene rings is 1. The maximum atomic E-state index is 11.5. The van der Waals surface area contributed by atoms with Gasteiger partial charge < -0.3 is 20.1 Å². The van der Waals surface area contributed by atoms with E-state index < -0.39 is 0 Å². The highest BCUT2D eigenvalue weighted by Gasteiger charge is 2.07. The first-order chi connectivity index (χ1) is 9.67. The number of methoxy groups -OCH3 is 1. The minimum absolute atomic E-state index is 0.0279. The molecule has 1 atom stereocenters. The molecule has 0 aliphatic heterocycles. The number of carbonyl (C=O) groups excluding carboxylic acids is 1. The fraction of sp³-hybridized carbons (Fsp3) is 0.533. The van der Waals surface area contributed by atoms with Crippen molar-refractivity contribution >= 4 is 5.91 Å². The van der Waals surface area contributed by atoms with E-state index in [9.17, 15) is 4.79 Å². The van der Waals surface area contributed by atoms with E-state index in [1.807, 2.05) is 38.1 Å². The summed E-state index contributed by atoms with van der Waals surface area (Å²) in [5, 5.41) is 5.95. The van der Waals surface area contributed by atoms with Crippen molar-refractivity contribution in [2.75, 3.05) is 33.4 Å². The van der Waals surface area contributed by atoms with Gasteiger partial charge in [-0.2, -0.15) is 0 Å². The minimum Gasteiger partial charge on any atom is -0.494 e. The molecule has 0 aliphatic rings. The van der Waals surface area contributed by atoms with Crippen molar-refractivity contribution < 1.29 is 14.3 Å². The van der Waals surface area contributed by atoms with Crippen LogP contribution in [0.5, 0.6) is 5.75 Å². The first-order valence-electron chi connectivity index (χ1n) is 6.89. The predicted molar refractivity (Wildman–Crippen MR) is 78.9 cm³/mol. The number of hydrogen-bond donors (Lipinski definition) is 2. The lowest BCUT2D eigenvalue weighted by Crippen LogP contribution is -2.36. The normalized spacial score (nSPS) is 11.9. The first kappa shape index (κ1) is 16.5. The Kier molecular flexibility index (Phi) is 7.69. The van der Waals surface area contributed by atoms with E-state index in [1.165, 1.54) is 0 Å². The summed E-state index contributed by atoms with van der Waals surface area (Å²) in [6, 6.07) is 8.00. The maximum Gasteiger partial charge on any atom is 0.234 e. The van der Waals surface area contributed by atoms with Crippen LogP contribution < -0.4 is 15.4 Å². The molecule has 0 saturated heterocycles. The third-order valence-corrected chi connectivity index (χ3v) is 2.89. The first-order valence-corrected chi connectivity index (χ1v) is 6.89. The van der Waals surface area contributed by atoms with E-state index >= 15 is 0 Å². The molecule has 1 amide bonds. The zero-order valence-electron chi connectivity index (χ0n) is 12.4. The maximum absolute atomic E-state index is 11.5. The molecule has 112 valence electrons. The van der Waals surface area contributed by atoms with Crippen LogP contribution in [0.25, 0.3) is 0 Å². The van der Waals surface area contributed by atoms with Gasteiger partial charge in [0.25, 0.3) is 0 Å². The number of rotatable bonds is 9. The number of ether oxygens (including phenoxy) is 2. The van der Waals surface area contributed by atoms with Gasteiger partial charge >= 0.3 is 0 Å². The summed E-state index contributed by atoms with van der Waals surface area (Å²) in [4.78, 5) is 11.5. The zero-order valence-corrected chi connectivity index (χ0v) is 12.4. The van der Waals surface area contributed by atoms with E-state index in [2.05, 4.69) is 10.6 Å². The largest absolute Gasteiger partial charge is 0.494 e. The van der Waals surface area contributed by atoms with Crippen LogP contribution >= 0.6 is 0 Å². The van der Waals surface area contributed by atoms with Crippen molar-refractivity contribution in [3.8, 4) is 5.75 Å². The standard InChI is InChI=1S/C15H24N2O3/c1-4-20-14-7-5-13(6-8-14)12(2)17-11-15(18)16-9-10-19-3/h5-8,12,17H,4,9-11H2,1-3H3,(H,16,18). The monoisotopic (exact) mass is 280 g/mol. The predicted octanol–water partition coefficient (Wildman–Crippen LogP) is 1.50. The van der Waals surface area contributed by atoms with Gasteiger partial charge in [0.05, 0.1) is 19.8 Å². The van der Waals surface area contributed by atoms with Crippen LogP contribution in [0, 0.1) is 0 Å². The molecule has 5 nitrogen and oxygen atoms in total. The van der Waals surface area contributed by atoms with E-state index in [4.69, 9.17) is 9.47 Å². The summed E-state index contributed by atoms with van der Waals surface area (Å²) < 4.78 is 10.3. The highest BCUT2D eigenvalue weighted by atomic mass is 16.5. The number of carbonyl (C=O) groups is 1. The van der Waals surface area contributed by atoms with E-state index in [0.717, 1.165) is 11.3 Å². The van der Waals surface area contributed by atoms with Crippen molar-refractivity contribution in [3.05, 3.63) is 29.8 Å². The molecule has 0 radical (unpaired) electrons. The Morgan fingerprint density at radius 3 is 2.60 bits per heavy atom. The molecule has 5 heteroatoms. The van der Waals surface area contributed by atoms with Crippen LogP contribution in [-0.2, 0) is 9.53 Å². The fourth-order valence-electron chi connectivity index (χ4n) is 1.74. The van der Waals surface area contributed by atoms with E-state index in [-0.39, 0.29) is 18.5 Å². The van der Waals surface area contributed by atoms with Crippen LogP contribution in [-0.4, -0.2) is 39.3 Å². The Hall–Kier alpha value is -1.59. The third-order valence-electron chi connectivity index (χ3n) is 2.89. The molecule has 0 aromatic heterocycles. The van der Waals surface area contributed by atoms with Crippen molar-refractivity contribution in [2.45, 2.75) is 19.9 Å². The lowest BCUT2D eigenvalue weighted by atomic mass is 10.1. The molecule has 0 bridgehead atoms. The molecular weight excluding hydrogens is 256 g/mol. The summed E-state index contributed by atoms with van der Waals surface area (Å²) in [5.41, 5.74) is 1.12. The van der Waals surface area contributed by atoms with Crippen molar-refractivity contribution in [3.63, 3.8) is 0 Å². The molecule has 20 heavy (non-hydrogen) atoms. The second-order valence-corrected chi connectivity index (χ2v) is 4.45. The summed E-state index contributed by atoms with van der Waals surface area (Å²) >= 11 is 0. The Bertz CT molecular complexity index is 393. The van der Waals surface area contributed by atoms with Gasteiger partial charge in [-0.15, -0.1) is 0 Å². The summed E-state index contributed by atoms with van der Waals surface area (Å²) in [7, 11) is 1.61. The van der Waals surface area contributed by atoms with Gasteiger partial charge in [-0.25, -0.2) is 0 Å². The summed E-state index contributed by atoms with van der Waals surface area (Å²) in [6.45, 7) is 6.00. The van der Waals surface area contributed by atoms with Crippen molar-refractivity contribution in [1.82, 2.24) is 10.6 Å². The van der Waals surface area contributed by atoms with Crippen LogP contribution in [0.2, 0.25) is 0 Å². The van der Waals surface area contributed by atoms with Gasteiger partial charge in [0.1, 0.15) is 5.75 Å². The zero-order chi connectivity index (χ0) is 14.8. The van der Waals surface area contributed by atoms with Crippen LogP contribution in [0.4, 0.5) is 0 Å². The van der Waals surface area contributed by atoms with Gasteiger partial charge in [-0.3, -0.25) is 4.79 Å². The second-order valence-electron chi connectivity index (χ2n) is 4.45. The molecule has 0 fully saturated rings. The fourth-order valence-corrected chi connectivity index (χ4v) is 1.74. The van der Waals surface area contributed by atoms with Gasteiger partial charge in [0, 0.05) is 19.7 Å². The average molecular weight is 280 g/mol. The lowest BCUT2D eigenvalue weighted by Gasteiger charge is -2.14. The van der Waals surface area contributed by atoms with E-state index in [1.54, 1.807) is 7.11 Å². The molecule has 0 aliphatic carbocycles. The Morgan fingerprint density at radius 2 is 2.00 bits per heavy atom. The minimum atomic E-state index is -0.0279. The molecule has 1 rings (SSSR count). The highest BCUT2D eigenvalue weighted by molar-refractivity contribution is 5.78. The molecule has 0 saturated carbocycles. The topological polar surface area (TPSA) is 59.6 Å². The lowest BCUT2D eigenvalue weighted by molar-refractivity contribution is -0.120. The Balaban J connectivity index is 2.34. The molecule has 1 aromatic rings. The molecule has 0 heterocycles. The summed E-state index contributed by atoms with van der Waals surface area (Å²) in [5.74, 6) is 0.834. The van der Waals surface area contributed by atoms with Crippen molar-refractivity contribution in [2.24, 2.45) is 0 Å². The van der Waals surface area contributed by atoms with Crippen molar-refractivity contribution in [1.29, 1.82) is 0 Å². The SMILES string of the molecule is CCOc1ccc(C(C)NCC(=O)NCCOC)cc1. The molecule has 2 N–H and O–H groups in total. The Labute approximate surface area is 120 Å². The van der Waals surface area contributed by atoms with Crippen LogP contribution in [0.15, 0.2) is 24.3 Å². The summed E-state index contributed by atoms with van der Waals surface area (Å²) in [6.07, 6.45) is 0. The smallest absolute Gasteiger partial charge is 0.234 e.